The third-order valence-electron chi connectivity index (χ3n) is 3.46. The van der Waals surface area contributed by atoms with E-state index < -0.39 is 0 Å². The van der Waals surface area contributed by atoms with Crippen LogP contribution in [-0.2, 0) is 0 Å². The van der Waals surface area contributed by atoms with Crippen molar-refractivity contribution >= 4 is 0 Å². The molecule has 0 heterocycles. The Morgan fingerprint density at radius 1 is 1.17 bits per heavy atom. The van der Waals surface area contributed by atoms with Gasteiger partial charge < -0.3 is 0 Å². The normalized spacial score (nSPS) is 44.3. The Bertz CT molecular complexity index is 224. The molecule has 2 aliphatic rings. The van der Waals surface area contributed by atoms with Gasteiger partial charge in [-0.05, 0) is 36.5 Å². The average Bonchev–Trinajstić information content (AvgIpc) is 2.63. The van der Waals surface area contributed by atoms with E-state index in [0.29, 0.717) is 5.92 Å². The van der Waals surface area contributed by atoms with Gasteiger partial charge in [-0.2, -0.15) is 0 Å². The van der Waals surface area contributed by atoms with Crippen LogP contribution in [0.2, 0.25) is 0 Å². The molecule has 0 radical (unpaired) electrons. The maximum absolute atomic E-state index is 3.91. The second-order valence-corrected chi connectivity index (χ2v) is 3.94. The van der Waals surface area contributed by atoms with Gasteiger partial charge in [-0.15, -0.1) is 13.2 Å². The molecule has 2 rings (SSSR count). The molecule has 0 spiro atoms. The first-order valence-electron chi connectivity index (χ1n) is 4.78. The highest BCUT2D eigenvalue weighted by Gasteiger charge is 2.40. The molecular weight excluding hydrogens is 144 g/mol. The van der Waals surface area contributed by atoms with Gasteiger partial charge in [-0.1, -0.05) is 24.3 Å². The minimum atomic E-state index is 0.705. The summed E-state index contributed by atoms with van der Waals surface area (Å²) in [7, 11) is 0. The molecule has 0 N–H and O–H groups in total. The van der Waals surface area contributed by atoms with Crippen molar-refractivity contribution in [2.45, 2.75) is 12.8 Å². The van der Waals surface area contributed by atoms with E-state index in [1.807, 2.05) is 0 Å². The lowest BCUT2D eigenvalue weighted by molar-refractivity contribution is 0.414. The zero-order valence-electron chi connectivity index (χ0n) is 7.45. The van der Waals surface area contributed by atoms with Crippen molar-refractivity contribution in [3.63, 3.8) is 0 Å². The Labute approximate surface area is 74.7 Å². The van der Waals surface area contributed by atoms with Crippen molar-refractivity contribution in [2.75, 3.05) is 0 Å². The van der Waals surface area contributed by atoms with Crippen LogP contribution >= 0.6 is 0 Å². The molecule has 0 amide bonds. The molecule has 0 aromatic heterocycles. The summed E-state index contributed by atoms with van der Waals surface area (Å²) in [6.45, 7) is 7.81. The van der Waals surface area contributed by atoms with Crippen LogP contribution in [-0.4, -0.2) is 0 Å². The van der Waals surface area contributed by atoms with E-state index in [-0.39, 0.29) is 0 Å². The molecule has 0 saturated heterocycles. The Morgan fingerprint density at radius 3 is 2.58 bits per heavy atom. The molecule has 0 aromatic rings. The monoisotopic (exact) mass is 160 g/mol. The molecule has 1 saturated carbocycles. The fourth-order valence-corrected chi connectivity index (χ4v) is 2.78. The lowest BCUT2D eigenvalue weighted by Gasteiger charge is -2.14. The van der Waals surface area contributed by atoms with E-state index in [2.05, 4.69) is 37.5 Å². The van der Waals surface area contributed by atoms with Crippen LogP contribution in [0.3, 0.4) is 0 Å². The Kier molecular flexibility index (Phi) is 1.92. The molecular formula is C12H16. The Balaban J connectivity index is 2.19. The fourth-order valence-electron chi connectivity index (χ4n) is 2.78. The van der Waals surface area contributed by atoms with Gasteiger partial charge >= 0.3 is 0 Å². The molecule has 2 unspecified atom stereocenters. The van der Waals surface area contributed by atoms with Crippen LogP contribution in [0.25, 0.3) is 0 Å². The summed E-state index contributed by atoms with van der Waals surface area (Å²) in [5.41, 5.74) is 0. The van der Waals surface area contributed by atoms with Crippen LogP contribution in [0.5, 0.6) is 0 Å². The van der Waals surface area contributed by atoms with Crippen LogP contribution in [0, 0.1) is 23.7 Å². The first kappa shape index (κ1) is 7.85. The SMILES string of the molecule is C=C[C@@H]1C[C@H](C=C)C2CC=CC21. The van der Waals surface area contributed by atoms with Crippen molar-refractivity contribution < 1.29 is 0 Å². The lowest BCUT2D eigenvalue weighted by atomic mass is 9.90. The van der Waals surface area contributed by atoms with Crippen LogP contribution in [0.15, 0.2) is 37.5 Å². The first-order valence-corrected chi connectivity index (χ1v) is 4.78. The van der Waals surface area contributed by atoms with E-state index in [9.17, 15) is 0 Å². The zero-order chi connectivity index (χ0) is 8.55. The van der Waals surface area contributed by atoms with Crippen LogP contribution < -0.4 is 0 Å². The van der Waals surface area contributed by atoms with E-state index in [1.54, 1.807) is 0 Å². The number of hydrogen-bond donors (Lipinski definition) is 0. The van der Waals surface area contributed by atoms with Crippen molar-refractivity contribution in [2.24, 2.45) is 23.7 Å². The van der Waals surface area contributed by atoms with Crippen LogP contribution in [0.1, 0.15) is 12.8 Å². The lowest BCUT2D eigenvalue weighted by Crippen LogP contribution is -2.08. The highest BCUT2D eigenvalue weighted by Crippen LogP contribution is 2.48. The third-order valence-corrected chi connectivity index (χ3v) is 3.46. The summed E-state index contributed by atoms with van der Waals surface area (Å²) in [6.07, 6.45) is 11.5. The van der Waals surface area contributed by atoms with E-state index in [0.717, 1.165) is 17.8 Å². The molecule has 0 bridgehead atoms. The van der Waals surface area contributed by atoms with Crippen molar-refractivity contribution in [3.8, 4) is 0 Å². The summed E-state index contributed by atoms with van der Waals surface area (Å²) >= 11 is 0. The van der Waals surface area contributed by atoms with Crippen molar-refractivity contribution in [3.05, 3.63) is 37.5 Å². The number of fused-ring (bicyclic) bond motifs is 1. The van der Waals surface area contributed by atoms with Crippen molar-refractivity contribution in [1.29, 1.82) is 0 Å². The Hall–Kier alpha value is -0.780. The maximum atomic E-state index is 3.91. The molecule has 0 heteroatoms. The smallest absolute Gasteiger partial charge is 0.0133 e. The summed E-state index contributed by atoms with van der Waals surface area (Å²) in [5, 5.41) is 0. The van der Waals surface area contributed by atoms with Crippen LogP contribution in [0.4, 0.5) is 0 Å². The predicted octanol–water partition coefficient (Wildman–Crippen LogP) is 3.19. The second kappa shape index (κ2) is 2.93. The number of hydrogen-bond acceptors (Lipinski definition) is 0. The van der Waals surface area contributed by atoms with Gasteiger partial charge in [-0.25, -0.2) is 0 Å². The van der Waals surface area contributed by atoms with Gasteiger partial charge in [-0.3, -0.25) is 0 Å². The summed E-state index contributed by atoms with van der Waals surface area (Å²) in [4.78, 5) is 0. The third kappa shape index (κ3) is 0.979. The molecule has 2 aliphatic carbocycles. The van der Waals surface area contributed by atoms with E-state index in [4.69, 9.17) is 0 Å². The number of allylic oxidation sites excluding steroid dienone is 4. The predicted molar refractivity (Wildman–Crippen MR) is 52.7 cm³/mol. The van der Waals surface area contributed by atoms with E-state index >= 15 is 0 Å². The van der Waals surface area contributed by atoms with Gasteiger partial charge in [0.15, 0.2) is 0 Å². The molecule has 1 fully saturated rings. The second-order valence-electron chi connectivity index (χ2n) is 3.94. The van der Waals surface area contributed by atoms with Gasteiger partial charge in [0.25, 0.3) is 0 Å². The minimum Gasteiger partial charge on any atom is -0.103 e. The van der Waals surface area contributed by atoms with Crippen molar-refractivity contribution in [1.82, 2.24) is 0 Å². The Morgan fingerprint density at radius 2 is 1.92 bits per heavy atom. The zero-order valence-corrected chi connectivity index (χ0v) is 7.45. The van der Waals surface area contributed by atoms with Gasteiger partial charge in [0.2, 0.25) is 0 Å². The molecule has 12 heavy (non-hydrogen) atoms. The standard InChI is InChI=1S/C12H16/c1-3-9-8-10(4-2)12-7-5-6-11(9)12/h3-6,9-12H,1-2,7-8H2/t9-,10+,11?,12?/m1/s1. The molecule has 64 valence electrons. The first-order chi connectivity index (χ1) is 5.86. The highest BCUT2D eigenvalue weighted by molar-refractivity contribution is 5.14. The largest absolute Gasteiger partial charge is 0.103 e. The van der Waals surface area contributed by atoms with Gasteiger partial charge in [0.1, 0.15) is 0 Å². The maximum Gasteiger partial charge on any atom is -0.0133 e. The molecule has 0 nitrogen and oxygen atoms in total. The summed E-state index contributed by atoms with van der Waals surface area (Å²) in [5.74, 6) is 3.04. The van der Waals surface area contributed by atoms with Gasteiger partial charge in [0, 0.05) is 0 Å². The molecule has 4 atom stereocenters. The fraction of sp³-hybridized carbons (Fsp3) is 0.500. The summed E-state index contributed by atoms with van der Waals surface area (Å²) in [6, 6.07) is 0. The summed E-state index contributed by atoms with van der Waals surface area (Å²) < 4.78 is 0. The average molecular weight is 160 g/mol. The van der Waals surface area contributed by atoms with Gasteiger partial charge in [0.05, 0.1) is 0 Å². The minimum absolute atomic E-state index is 0.705. The molecule has 0 aliphatic heterocycles. The quantitative estimate of drug-likeness (QED) is 0.544. The van der Waals surface area contributed by atoms with E-state index in [1.165, 1.54) is 12.8 Å². The molecule has 0 aromatic carbocycles. The topological polar surface area (TPSA) is 0 Å². The number of rotatable bonds is 2. The highest BCUT2D eigenvalue weighted by atomic mass is 14.4.